The molecule has 78 valence electrons. The van der Waals surface area contributed by atoms with Gasteiger partial charge in [-0.25, -0.2) is 4.39 Å². The van der Waals surface area contributed by atoms with E-state index in [0.717, 1.165) is 0 Å². The quantitative estimate of drug-likeness (QED) is 0.762. The van der Waals surface area contributed by atoms with Crippen molar-refractivity contribution < 1.29 is 14.2 Å². The molecule has 0 atom stereocenters. The van der Waals surface area contributed by atoms with Gasteiger partial charge in [0.15, 0.2) is 17.3 Å². The van der Waals surface area contributed by atoms with Gasteiger partial charge in [-0.3, -0.25) is 0 Å². The van der Waals surface area contributed by atoms with Crippen molar-refractivity contribution in [3.63, 3.8) is 0 Å². The smallest absolute Gasteiger partial charge is 0.194 e. The van der Waals surface area contributed by atoms with E-state index in [2.05, 4.69) is 0 Å². The van der Waals surface area contributed by atoms with Crippen LogP contribution in [-0.2, 0) is 5.54 Å². The average molecular weight is 199 g/mol. The van der Waals surface area contributed by atoms with Crippen molar-refractivity contribution in [2.24, 2.45) is 5.73 Å². The van der Waals surface area contributed by atoms with Crippen molar-refractivity contribution in [2.45, 2.75) is 19.4 Å². The minimum absolute atomic E-state index is 0.0959. The van der Waals surface area contributed by atoms with Crippen molar-refractivity contribution in [2.75, 3.05) is 7.11 Å². The molecule has 0 unspecified atom stereocenters. The summed E-state index contributed by atoms with van der Waals surface area (Å²) in [4.78, 5) is 0. The van der Waals surface area contributed by atoms with Gasteiger partial charge in [0.2, 0.25) is 0 Å². The molecule has 0 saturated heterocycles. The summed E-state index contributed by atoms with van der Waals surface area (Å²) in [7, 11) is 1.36. The lowest BCUT2D eigenvalue weighted by Gasteiger charge is -2.20. The maximum Gasteiger partial charge on any atom is 0.194 e. The second-order valence-electron chi connectivity index (χ2n) is 3.73. The van der Waals surface area contributed by atoms with E-state index in [4.69, 9.17) is 10.5 Å². The third-order valence-corrected chi connectivity index (χ3v) is 1.99. The van der Waals surface area contributed by atoms with Crippen LogP contribution < -0.4 is 10.5 Å². The van der Waals surface area contributed by atoms with Crippen LogP contribution in [0.4, 0.5) is 4.39 Å². The lowest BCUT2D eigenvalue weighted by molar-refractivity contribution is 0.354. The van der Waals surface area contributed by atoms with E-state index in [9.17, 15) is 9.50 Å². The monoisotopic (exact) mass is 199 g/mol. The number of hydrogen-bond donors (Lipinski definition) is 2. The highest BCUT2D eigenvalue weighted by molar-refractivity contribution is 5.44. The van der Waals surface area contributed by atoms with E-state index >= 15 is 0 Å². The molecule has 0 spiro atoms. The summed E-state index contributed by atoms with van der Waals surface area (Å²) in [6.45, 7) is 3.50. The van der Waals surface area contributed by atoms with Gasteiger partial charge in [-0.1, -0.05) is 0 Å². The van der Waals surface area contributed by atoms with E-state index in [1.165, 1.54) is 19.2 Å². The molecule has 0 aromatic heterocycles. The van der Waals surface area contributed by atoms with Crippen LogP contribution in [0.2, 0.25) is 0 Å². The Balaban J connectivity index is 3.30. The third-order valence-electron chi connectivity index (χ3n) is 1.99. The summed E-state index contributed by atoms with van der Waals surface area (Å²) in [5, 5.41) is 9.25. The third kappa shape index (κ3) is 1.96. The van der Waals surface area contributed by atoms with Gasteiger partial charge in [-0.15, -0.1) is 0 Å². The van der Waals surface area contributed by atoms with Crippen molar-refractivity contribution in [1.82, 2.24) is 0 Å². The van der Waals surface area contributed by atoms with Crippen molar-refractivity contribution in [3.05, 3.63) is 23.5 Å². The Hall–Kier alpha value is -1.29. The molecule has 1 aromatic carbocycles. The summed E-state index contributed by atoms with van der Waals surface area (Å²) in [5.41, 5.74) is 5.70. The molecule has 0 saturated carbocycles. The van der Waals surface area contributed by atoms with Crippen LogP contribution in [0.3, 0.4) is 0 Å². The fraction of sp³-hybridized carbons (Fsp3) is 0.400. The Labute approximate surface area is 82.3 Å². The van der Waals surface area contributed by atoms with Crippen LogP contribution in [0.15, 0.2) is 12.1 Å². The van der Waals surface area contributed by atoms with Crippen LogP contribution in [0.5, 0.6) is 11.5 Å². The number of aromatic hydroxyl groups is 1. The molecule has 3 N–H and O–H groups in total. The summed E-state index contributed by atoms with van der Waals surface area (Å²) in [5.74, 6) is -1.11. The predicted molar refractivity (Wildman–Crippen MR) is 51.8 cm³/mol. The number of methoxy groups -OCH3 is 1. The minimum atomic E-state index is -0.724. The zero-order valence-electron chi connectivity index (χ0n) is 8.47. The number of halogens is 1. The fourth-order valence-corrected chi connectivity index (χ4v) is 1.10. The van der Waals surface area contributed by atoms with Gasteiger partial charge in [0, 0.05) is 5.54 Å². The van der Waals surface area contributed by atoms with E-state index < -0.39 is 17.1 Å². The van der Waals surface area contributed by atoms with Gasteiger partial charge >= 0.3 is 0 Å². The maximum atomic E-state index is 13.2. The first-order chi connectivity index (χ1) is 6.36. The zero-order chi connectivity index (χ0) is 10.9. The number of phenolic OH excluding ortho intramolecular Hbond substituents is 1. The normalized spacial score (nSPS) is 11.5. The Kier molecular flexibility index (Phi) is 2.66. The Morgan fingerprint density at radius 1 is 1.43 bits per heavy atom. The van der Waals surface area contributed by atoms with Gasteiger partial charge in [-0.2, -0.15) is 0 Å². The molecule has 0 aliphatic rings. The summed E-state index contributed by atoms with van der Waals surface area (Å²) >= 11 is 0. The number of ether oxygens (including phenoxy) is 1. The van der Waals surface area contributed by atoms with Gasteiger partial charge in [-0.05, 0) is 31.5 Å². The molecule has 14 heavy (non-hydrogen) atoms. The van der Waals surface area contributed by atoms with E-state index in [0.29, 0.717) is 5.56 Å². The van der Waals surface area contributed by atoms with Gasteiger partial charge < -0.3 is 15.6 Å². The molecule has 0 bridgehead atoms. The second-order valence-corrected chi connectivity index (χ2v) is 3.73. The fourth-order valence-electron chi connectivity index (χ4n) is 1.10. The molecular weight excluding hydrogens is 185 g/mol. The number of nitrogens with two attached hydrogens (primary N) is 1. The second kappa shape index (κ2) is 3.46. The molecule has 0 aliphatic carbocycles. The molecule has 1 rings (SSSR count). The van der Waals surface area contributed by atoms with Gasteiger partial charge in [0.25, 0.3) is 0 Å². The highest BCUT2D eigenvalue weighted by Crippen LogP contribution is 2.33. The molecule has 0 aliphatic heterocycles. The molecule has 4 heteroatoms. The SMILES string of the molecule is COc1cc(C(C)(C)N)cc(F)c1O. The first-order valence-corrected chi connectivity index (χ1v) is 4.22. The van der Waals surface area contributed by atoms with E-state index in [-0.39, 0.29) is 5.75 Å². The predicted octanol–water partition coefficient (Wildman–Crippen LogP) is 1.73. The zero-order valence-corrected chi connectivity index (χ0v) is 8.47. The number of rotatable bonds is 2. The summed E-state index contributed by atoms with van der Waals surface area (Å²) in [6.07, 6.45) is 0. The lowest BCUT2D eigenvalue weighted by Crippen LogP contribution is -2.28. The first kappa shape index (κ1) is 10.8. The van der Waals surface area contributed by atoms with Gasteiger partial charge in [0.1, 0.15) is 0 Å². The molecule has 0 radical (unpaired) electrons. The molecule has 0 fully saturated rings. The highest BCUT2D eigenvalue weighted by Gasteiger charge is 2.19. The molecular formula is C10H14FNO2. The number of benzene rings is 1. The Morgan fingerprint density at radius 2 is 2.00 bits per heavy atom. The molecule has 1 aromatic rings. The summed E-state index contributed by atoms with van der Waals surface area (Å²) < 4.78 is 18.0. The van der Waals surface area contributed by atoms with Crippen LogP contribution in [0, 0.1) is 5.82 Å². The van der Waals surface area contributed by atoms with Crippen LogP contribution in [-0.4, -0.2) is 12.2 Å². The highest BCUT2D eigenvalue weighted by atomic mass is 19.1. The average Bonchev–Trinajstić information content (AvgIpc) is 2.07. The van der Waals surface area contributed by atoms with Crippen LogP contribution in [0.1, 0.15) is 19.4 Å². The Bertz CT molecular complexity index is 345. The lowest BCUT2D eigenvalue weighted by atomic mass is 9.95. The van der Waals surface area contributed by atoms with E-state index in [1.807, 2.05) is 0 Å². The van der Waals surface area contributed by atoms with Crippen molar-refractivity contribution in [3.8, 4) is 11.5 Å². The number of hydrogen-bond acceptors (Lipinski definition) is 3. The molecule has 3 nitrogen and oxygen atoms in total. The van der Waals surface area contributed by atoms with Crippen LogP contribution in [0.25, 0.3) is 0 Å². The minimum Gasteiger partial charge on any atom is -0.502 e. The first-order valence-electron chi connectivity index (χ1n) is 4.22. The van der Waals surface area contributed by atoms with Gasteiger partial charge in [0.05, 0.1) is 7.11 Å². The Morgan fingerprint density at radius 3 is 2.43 bits per heavy atom. The number of phenols is 1. The van der Waals surface area contributed by atoms with Crippen molar-refractivity contribution in [1.29, 1.82) is 0 Å². The molecule has 0 amide bonds. The van der Waals surface area contributed by atoms with E-state index in [1.54, 1.807) is 13.8 Å². The topological polar surface area (TPSA) is 55.5 Å². The molecule has 0 heterocycles. The van der Waals surface area contributed by atoms with Crippen molar-refractivity contribution >= 4 is 0 Å². The summed E-state index contributed by atoms with van der Waals surface area (Å²) in [6, 6.07) is 2.73. The van der Waals surface area contributed by atoms with Crippen LogP contribution >= 0.6 is 0 Å². The maximum absolute atomic E-state index is 13.2. The standard InChI is InChI=1S/C10H14FNO2/c1-10(2,12)6-4-7(11)9(13)8(5-6)14-3/h4-5,13H,12H2,1-3H3. The largest absolute Gasteiger partial charge is 0.502 e.